The number of hydrogen-bond acceptors (Lipinski definition) is 3. The monoisotopic (exact) mass is 309 g/mol. The Hall–Kier alpha value is -2.36. The molecule has 1 fully saturated rings. The van der Waals surface area contributed by atoms with Crippen molar-refractivity contribution in [2.24, 2.45) is 0 Å². The van der Waals surface area contributed by atoms with Gasteiger partial charge in [-0.2, -0.15) is 0 Å². The second-order valence-electron chi connectivity index (χ2n) is 5.83. The maximum Gasteiger partial charge on any atom is 0.272 e. The van der Waals surface area contributed by atoms with Gasteiger partial charge in [0.15, 0.2) is 0 Å². The molecule has 0 aliphatic carbocycles. The van der Waals surface area contributed by atoms with Gasteiger partial charge in [-0.25, -0.2) is 0 Å². The zero-order chi connectivity index (χ0) is 16.1. The van der Waals surface area contributed by atoms with Crippen LogP contribution in [-0.2, 0) is 0 Å². The van der Waals surface area contributed by atoms with Crippen LogP contribution < -0.4 is 4.90 Å². The molecule has 0 N–H and O–H groups in total. The molecule has 0 saturated carbocycles. The van der Waals surface area contributed by atoms with Gasteiger partial charge in [-0.15, -0.1) is 0 Å². The molecule has 1 saturated heterocycles. The molecule has 1 aliphatic rings. The molecule has 4 nitrogen and oxygen atoms in total. The maximum atomic E-state index is 12.6. The van der Waals surface area contributed by atoms with Gasteiger partial charge in [-0.1, -0.05) is 18.2 Å². The summed E-state index contributed by atoms with van der Waals surface area (Å²) in [5, 5.41) is 0. The lowest BCUT2D eigenvalue weighted by atomic mass is 10.1. The second kappa shape index (κ2) is 7.27. The van der Waals surface area contributed by atoms with E-state index in [1.807, 2.05) is 35.2 Å². The van der Waals surface area contributed by atoms with Gasteiger partial charge in [0.2, 0.25) is 0 Å². The van der Waals surface area contributed by atoms with Gasteiger partial charge in [0, 0.05) is 37.2 Å². The number of carbonyl (C=O) groups is 1. The Bertz CT molecular complexity index is 651. The average Bonchev–Trinajstić information content (AvgIpc) is 2.64. The number of hydrogen-bond donors (Lipinski definition) is 0. The number of anilines is 2. The van der Waals surface area contributed by atoms with Crippen molar-refractivity contribution in [3.63, 3.8) is 0 Å². The molecule has 4 heteroatoms. The second-order valence-corrected chi connectivity index (χ2v) is 5.83. The number of rotatable bonds is 4. The highest BCUT2D eigenvalue weighted by atomic mass is 16.2. The highest BCUT2D eigenvalue weighted by Crippen LogP contribution is 2.25. The minimum absolute atomic E-state index is 0.0515. The topological polar surface area (TPSA) is 36.4 Å². The fourth-order valence-corrected chi connectivity index (χ4v) is 3.09. The normalized spacial score (nSPS) is 14.6. The van der Waals surface area contributed by atoms with Crippen molar-refractivity contribution >= 4 is 17.3 Å². The first kappa shape index (κ1) is 15.5. The number of amides is 1. The fraction of sp³-hybridized carbons (Fsp3) is 0.368. The summed E-state index contributed by atoms with van der Waals surface area (Å²) in [6, 6.07) is 14.1. The SMILES string of the molecule is CCN(c1ccccc1)c1ccnc(C(=O)N2CCCCC2)c1. The smallest absolute Gasteiger partial charge is 0.272 e. The number of piperidine rings is 1. The van der Waals surface area contributed by atoms with E-state index in [0.717, 1.165) is 43.9 Å². The van der Waals surface area contributed by atoms with Gasteiger partial charge >= 0.3 is 0 Å². The largest absolute Gasteiger partial charge is 0.342 e. The average molecular weight is 309 g/mol. The molecule has 3 rings (SSSR count). The van der Waals surface area contributed by atoms with Crippen molar-refractivity contribution in [1.29, 1.82) is 0 Å². The highest BCUT2D eigenvalue weighted by molar-refractivity contribution is 5.93. The number of carbonyl (C=O) groups excluding carboxylic acids is 1. The summed E-state index contributed by atoms with van der Waals surface area (Å²) < 4.78 is 0. The van der Waals surface area contributed by atoms with Crippen molar-refractivity contribution in [2.75, 3.05) is 24.5 Å². The van der Waals surface area contributed by atoms with Crippen molar-refractivity contribution in [1.82, 2.24) is 9.88 Å². The Morgan fingerprint density at radius 3 is 2.52 bits per heavy atom. The van der Waals surface area contributed by atoms with Crippen LogP contribution in [0, 0.1) is 0 Å². The van der Waals surface area contributed by atoms with Gasteiger partial charge in [-0.05, 0) is 50.5 Å². The number of para-hydroxylation sites is 1. The quantitative estimate of drug-likeness (QED) is 0.860. The fourth-order valence-electron chi connectivity index (χ4n) is 3.09. The Labute approximate surface area is 137 Å². The summed E-state index contributed by atoms with van der Waals surface area (Å²) in [5.74, 6) is 0.0515. The van der Waals surface area contributed by atoms with Crippen LogP contribution in [0.5, 0.6) is 0 Å². The molecule has 1 aromatic carbocycles. The molecule has 23 heavy (non-hydrogen) atoms. The third-order valence-electron chi connectivity index (χ3n) is 4.30. The molecular formula is C19H23N3O. The van der Waals surface area contributed by atoms with Crippen LogP contribution in [0.3, 0.4) is 0 Å². The summed E-state index contributed by atoms with van der Waals surface area (Å²) in [4.78, 5) is 21.1. The molecule has 0 bridgehead atoms. The number of nitrogens with zero attached hydrogens (tertiary/aromatic N) is 3. The van der Waals surface area contributed by atoms with Crippen molar-refractivity contribution in [3.8, 4) is 0 Å². The van der Waals surface area contributed by atoms with Gasteiger partial charge in [0.1, 0.15) is 5.69 Å². The van der Waals surface area contributed by atoms with E-state index in [1.54, 1.807) is 6.20 Å². The number of benzene rings is 1. The van der Waals surface area contributed by atoms with Gasteiger partial charge < -0.3 is 9.80 Å². The van der Waals surface area contributed by atoms with Crippen molar-refractivity contribution < 1.29 is 4.79 Å². The first-order valence-electron chi connectivity index (χ1n) is 8.37. The van der Waals surface area contributed by atoms with Crippen LogP contribution in [0.2, 0.25) is 0 Å². The van der Waals surface area contributed by atoms with Crippen LogP contribution in [-0.4, -0.2) is 35.4 Å². The maximum absolute atomic E-state index is 12.6. The summed E-state index contributed by atoms with van der Waals surface area (Å²) in [5.41, 5.74) is 2.67. The van der Waals surface area contributed by atoms with Gasteiger partial charge in [-0.3, -0.25) is 9.78 Å². The highest BCUT2D eigenvalue weighted by Gasteiger charge is 2.20. The molecule has 0 radical (unpaired) electrons. The molecule has 0 spiro atoms. The lowest BCUT2D eigenvalue weighted by molar-refractivity contribution is 0.0718. The zero-order valence-corrected chi connectivity index (χ0v) is 13.6. The van der Waals surface area contributed by atoms with Crippen LogP contribution in [0.1, 0.15) is 36.7 Å². The summed E-state index contributed by atoms with van der Waals surface area (Å²) in [6.07, 6.45) is 5.14. The Kier molecular flexibility index (Phi) is 4.91. The summed E-state index contributed by atoms with van der Waals surface area (Å²) >= 11 is 0. The van der Waals surface area contributed by atoms with Crippen LogP contribution in [0.15, 0.2) is 48.7 Å². The van der Waals surface area contributed by atoms with E-state index in [9.17, 15) is 4.79 Å². The van der Waals surface area contributed by atoms with Crippen LogP contribution >= 0.6 is 0 Å². The Morgan fingerprint density at radius 2 is 1.83 bits per heavy atom. The van der Waals surface area contributed by atoms with E-state index in [2.05, 4.69) is 28.9 Å². The third kappa shape index (κ3) is 3.52. The molecule has 1 amide bonds. The minimum Gasteiger partial charge on any atom is -0.342 e. The van der Waals surface area contributed by atoms with Crippen molar-refractivity contribution in [2.45, 2.75) is 26.2 Å². The van der Waals surface area contributed by atoms with E-state index >= 15 is 0 Å². The lowest BCUT2D eigenvalue weighted by Gasteiger charge is -2.27. The molecule has 2 heterocycles. The zero-order valence-electron chi connectivity index (χ0n) is 13.6. The molecule has 0 unspecified atom stereocenters. The first-order chi connectivity index (χ1) is 11.3. The number of likely N-dealkylation sites (tertiary alicyclic amines) is 1. The van der Waals surface area contributed by atoms with E-state index in [4.69, 9.17) is 0 Å². The predicted octanol–water partition coefficient (Wildman–Crippen LogP) is 3.87. The third-order valence-corrected chi connectivity index (χ3v) is 4.30. The van der Waals surface area contributed by atoms with E-state index < -0.39 is 0 Å². The Balaban J connectivity index is 1.85. The van der Waals surface area contributed by atoms with Gasteiger partial charge in [0.05, 0.1) is 0 Å². The predicted molar refractivity (Wildman–Crippen MR) is 93.1 cm³/mol. The van der Waals surface area contributed by atoms with E-state index in [-0.39, 0.29) is 5.91 Å². The standard InChI is InChI=1S/C19H23N3O/c1-2-22(16-9-5-3-6-10-16)17-11-12-20-18(15-17)19(23)21-13-7-4-8-14-21/h3,5-6,9-12,15H,2,4,7-8,13-14H2,1H3. The van der Waals surface area contributed by atoms with E-state index in [1.165, 1.54) is 6.42 Å². The summed E-state index contributed by atoms with van der Waals surface area (Å²) in [7, 11) is 0. The van der Waals surface area contributed by atoms with Crippen molar-refractivity contribution in [3.05, 3.63) is 54.4 Å². The summed E-state index contributed by atoms with van der Waals surface area (Å²) in [6.45, 7) is 4.65. The van der Waals surface area contributed by atoms with Gasteiger partial charge in [0.25, 0.3) is 5.91 Å². The van der Waals surface area contributed by atoms with E-state index in [0.29, 0.717) is 5.69 Å². The molecule has 1 aromatic heterocycles. The first-order valence-corrected chi connectivity index (χ1v) is 8.37. The minimum atomic E-state index is 0.0515. The lowest BCUT2D eigenvalue weighted by Crippen LogP contribution is -2.36. The molecule has 0 atom stereocenters. The Morgan fingerprint density at radius 1 is 1.09 bits per heavy atom. The molecule has 1 aliphatic heterocycles. The molecule has 120 valence electrons. The van der Waals surface area contributed by atoms with Crippen LogP contribution in [0.4, 0.5) is 11.4 Å². The number of pyridine rings is 1. The molecular weight excluding hydrogens is 286 g/mol. The van der Waals surface area contributed by atoms with Crippen LogP contribution in [0.25, 0.3) is 0 Å². The number of aromatic nitrogens is 1. The molecule has 2 aromatic rings.